The molecule has 6 heteroatoms. The average Bonchev–Trinajstić information content (AvgIpc) is 2.29. The minimum Gasteiger partial charge on any atom is -0.388 e. The van der Waals surface area contributed by atoms with Gasteiger partial charge in [-0.1, -0.05) is 19.1 Å². The monoisotopic (exact) mass is 239 g/mol. The number of likely N-dealkylation sites (N-methyl/N-ethyl adjacent to an activating group) is 1. The highest BCUT2D eigenvalue weighted by Gasteiger charge is 2.01. The van der Waals surface area contributed by atoms with Gasteiger partial charge in [-0.2, -0.15) is 0 Å². The molecule has 0 fully saturated rings. The molecule has 16 heavy (non-hydrogen) atoms. The summed E-state index contributed by atoms with van der Waals surface area (Å²) in [5.41, 5.74) is 6.08. The van der Waals surface area contributed by atoms with Crippen LogP contribution in [0.5, 0.6) is 0 Å². The number of nitrogens with zero attached hydrogens (tertiary/aromatic N) is 3. The molecule has 0 aliphatic rings. The van der Waals surface area contributed by atoms with Crippen molar-refractivity contribution in [2.75, 3.05) is 32.0 Å². The van der Waals surface area contributed by atoms with E-state index in [0.29, 0.717) is 11.6 Å². The van der Waals surface area contributed by atoms with E-state index < -0.39 is 0 Å². The number of anilines is 1. The maximum atomic E-state index is 5.49. The lowest BCUT2D eigenvalue weighted by molar-refractivity contribution is 0.367. The van der Waals surface area contributed by atoms with Gasteiger partial charge in [0.05, 0.1) is 0 Å². The van der Waals surface area contributed by atoms with Crippen molar-refractivity contribution in [1.82, 2.24) is 14.9 Å². The van der Waals surface area contributed by atoms with E-state index in [1.54, 1.807) is 12.3 Å². The predicted molar refractivity (Wildman–Crippen MR) is 69.6 cm³/mol. The van der Waals surface area contributed by atoms with Gasteiger partial charge in [0.25, 0.3) is 0 Å². The van der Waals surface area contributed by atoms with Crippen LogP contribution in [0, 0.1) is 0 Å². The Bertz CT molecular complexity index is 355. The minimum absolute atomic E-state index is 0.288. The van der Waals surface area contributed by atoms with Crippen molar-refractivity contribution in [3.05, 3.63) is 18.0 Å². The Kier molecular flexibility index (Phi) is 5.07. The van der Waals surface area contributed by atoms with Crippen molar-refractivity contribution in [3.63, 3.8) is 0 Å². The Morgan fingerprint density at radius 1 is 1.62 bits per heavy atom. The summed E-state index contributed by atoms with van der Waals surface area (Å²) in [5, 5.41) is 3.13. The molecule has 0 aromatic carbocycles. The number of hydrogen-bond donors (Lipinski definition) is 2. The third-order valence-corrected chi connectivity index (χ3v) is 2.43. The summed E-state index contributed by atoms with van der Waals surface area (Å²) in [6.07, 6.45) is 1.65. The Hall–Kier alpha value is -1.27. The fourth-order valence-electron chi connectivity index (χ4n) is 1.10. The number of nitrogens with two attached hydrogens (primary N) is 1. The first-order valence-electron chi connectivity index (χ1n) is 5.18. The van der Waals surface area contributed by atoms with Crippen LogP contribution in [0.15, 0.2) is 12.3 Å². The van der Waals surface area contributed by atoms with Crippen LogP contribution in [-0.4, -0.2) is 46.5 Å². The maximum absolute atomic E-state index is 5.49. The molecule has 3 N–H and O–H groups in total. The lowest BCUT2D eigenvalue weighted by Gasteiger charge is -2.13. The molecule has 1 aromatic heterocycles. The van der Waals surface area contributed by atoms with Gasteiger partial charge in [-0.25, -0.2) is 9.97 Å². The van der Waals surface area contributed by atoms with Gasteiger partial charge in [-0.05, 0) is 19.7 Å². The fourth-order valence-corrected chi connectivity index (χ4v) is 1.21. The highest BCUT2D eigenvalue weighted by molar-refractivity contribution is 7.80. The topological polar surface area (TPSA) is 67.1 Å². The standard InChI is InChI=1S/C10H17N5S/c1-3-15(2)7-6-13-10-12-5-4-8(14-10)9(11)16/h4-5H,3,6-7H2,1-2H3,(H2,11,16)(H,12,13,14). The third-order valence-electron chi connectivity index (χ3n) is 2.22. The largest absolute Gasteiger partial charge is 0.388 e. The van der Waals surface area contributed by atoms with E-state index in [1.165, 1.54) is 0 Å². The van der Waals surface area contributed by atoms with Crippen LogP contribution in [0.1, 0.15) is 12.6 Å². The van der Waals surface area contributed by atoms with Crippen molar-refractivity contribution < 1.29 is 0 Å². The van der Waals surface area contributed by atoms with Crippen LogP contribution in [0.3, 0.4) is 0 Å². The van der Waals surface area contributed by atoms with Crippen LogP contribution >= 0.6 is 12.2 Å². The molecule has 0 unspecified atom stereocenters. The Morgan fingerprint density at radius 2 is 2.38 bits per heavy atom. The molecular formula is C10H17N5S. The number of hydrogen-bond acceptors (Lipinski definition) is 5. The van der Waals surface area contributed by atoms with E-state index in [9.17, 15) is 0 Å². The first kappa shape index (κ1) is 12.8. The van der Waals surface area contributed by atoms with E-state index in [2.05, 4.69) is 34.2 Å². The van der Waals surface area contributed by atoms with Crippen molar-refractivity contribution in [2.45, 2.75) is 6.92 Å². The van der Waals surface area contributed by atoms with Crippen LogP contribution < -0.4 is 11.1 Å². The summed E-state index contributed by atoms with van der Waals surface area (Å²) in [5.74, 6) is 0.565. The van der Waals surface area contributed by atoms with Gasteiger partial charge in [0, 0.05) is 19.3 Å². The van der Waals surface area contributed by atoms with Gasteiger partial charge in [-0.3, -0.25) is 0 Å². The summed E-state index contributed by atoms with van der Waals surface area (Å²) in [6.45, 7) is 4.88. The third kappa shape index (κ3) is 4.08. The summed E-state index contributed by atoms with van der Waals surface area (Å²) in [6, 6.07) is 1.70. The molecule has 0 aliphatic heterocycles. The first-order valence-corrected chi connectivity index (χ1v) is 5.59. The molecule has 1 aromatic rings. The Labute approximate surface area is 101 Å². The van der Waals surface area contributed by atoms with Gasteiger partial charge in [0.2, 0.25) is 5.95 Å². The Balaban J connectivity index is 2.48. The zero-order valence-electron chi connectivity index (χ0n) is 9.60. The minimum atomic E-state index is 0.288. The number of rotatable bonds is 6. The summed E-state index contributed by atoms with van der Waals surface area (Å²) in [7, 11) is 2.06. The van der Waals surface area contributed by atoms with Crippen molar-refractivity contribution >= 4 is 23.2 Å². The lowest BCUT2D eigenvalue weighted by Crippen LogP contribution is -2.25. The van der Waals surface area contributed by atoms with E-state index in [-0.39, 0.29) is 4.99 Å². The van der Waals surface area contributed by atoms with Crippen LogP contribution in [-0.2, 0) is 0 Å². The molecule has 0 aliphatic carbocycles. The van der Waals surface area contributed by atoms with Crippen molar-refractivity contribution in [1.29, 1.82) is 0 Å². The molecule has 0 atom stereocenters. The molecule has 0 radical (unpaired) electrons. The quantitative estimate of drug-likeness (QED) is 0.704. The molecule has 0 spiro atoms. The fraction of sp³-hybridized carbons (Fsp3) is 0.500. The molecule has 0 saturated heterocycles. The Morgan fingerprint density at radius 3 is 3.00 bits per heavy atom. The predicted octanol–water partition coefficient (Wildman–Crippen LogP) is 0.474. The van der Waals surface area contributed by atoms with E-state index in [0.717, 1.165) is 19.6 Å². The summed E-state index contributed by atoms with van der Waals surface area (Å²) in [4.78, 5) is 10.8. The lowest BCUT2D eigenvalue weighted by atomic mass is 10.4. The van der Waals surface area contributed by atoms with Gasteiger partial charge < -0.3 is 16.0 Å². The highest BCUT2D eigenvalue weighted by atomic mass is 32.1. The second kappa shape index (κ2) is 6.34. The van der Waals surface area contributed by atoms with E-state index in [4.69, 9.17) is 18.0 Å². The summed E-state index contributed by atoms with van der Waals surface area (Å²) >= 11 is 4.85. The van der Waals surface area contributed by atoms with Crippen LogP contribution in [0.25, 0.3) is 0 Å². The van der Waals surface area contributed by atoms with Crippen LogP contribution in [0.4, 0.5) is 5.95 Å². The zero-order valence-corrected chi connectivity index (χ0v) is 10.4. The summed E-state index contributed by atoms with van der Waals surface area (Å²) < 4.78 is 0. The molecule has 1 rings (SSSR count). The van der Waals surface area contributed by atoms with E-state index >= 15 is 0 Å². The SMILES string of the molecule is CCN(C)CCNc1nccc(C(N)=S)n1. The smallest absolute Gasteiger partial charge is 0.223 e. The highest BCUT2D eigenvalue weighted by Crippen LogP contribution is 1.99. The first-order chi connectivity index (χ1) is 7.63. The van der Waals surface area contributed by atoms with Gasteiger partial charge in [-0.15, -0.1) is 0 Å². The molecule has 1 heterocycles. The van der Waals surface area contributed by atoms with Crippen LogP contribution in [0.2, 0.25) is 0 Å². The molecule has 0 amide bonds. The van der Waals surface area contributed by atoms with Crippen molar-refractivity contribution in [3.8, 4) is 0 Å². The van der Waals surface area contributed by atoms with E-state index in [1.807, 2.05) is 0 Å². The second-order valence-electron chi connectivity index (χ2n) is 3.45. The second-order valence-corrected chi connectivity index (χ2v) is 3.89. The molecule has 0 saturated carbocycles. The van der Waals surface area contributed by atoms with Crippen molar-refractivity contribution in [2.24, 2.45) is 5.73 Å². The average molecular weight is 239 g/mol. The normalized spacial score (nSPS) is 10.4. The maximum Gasteiger partial charge on any atom is 0.223 e. The molecule has 88 valence electrons. The van der Waals surface area contributed by atoms with Gasteiger partial charge >= 0.3 is 0 Å². The number of aromatic nitrogens is 2. The molecular weight excluding hydrogens is 222 g/mol. The van der Waals surface area contributed by atoms with Gasteiger partial charge in [0.1, 0.15) is 10.7 Å². The molecule has 5 nitrogen and oxygen atoms in total. The molecule has 0 bridgehead atoms. The zero-order chi connectivity index (χ0) is 12.0. The number of thiocarbonyl (C=S) groups is 1. The number of nitrogens with one attached hydrogen (secondary N) is 1. The van der Waals surface area contributed by atoms with Gasteiger partial charge in [0.15, 0.2) is 0 Å².